The lowest BCUT2D eigenvalue weighted by Gasteiger charge is -1.96. The zero-order chi connectivity index (χ0) is 10.8. The molecule has 0 saturated heterocycles. The Morgan fingerprint density at radius 3 is 2.60 bits per heavy atom. The predicted molar refractivity (Wildman–Crippen MR) is 50.7 cm³/mol. The summed E-state index contributed by atoms with van der Waals surface area (Å²) >= 11 is 0. The number of nitrogens with zero attached hydrogens (tertiary/aromatic N) is 3. The van der Waals surface area contributed by atoms with E-state index in [4.69, 9.17) is 0 Å². The largest absolute Gasteiger partial charge is 0.337 e. The van der Waals surface area contributed by atoms with Crippen LogP contribution in [0.1, 0.15) is 46.6 Å². The van der Waals surface area contributed by atoms with Crippen molar-refractivity contribution in [3.8, 4) is 0 Å². The highest BCUT2D eigenvalue weighted by molar-refractivity contribution is 6.08. The fourth-order valence-electron chi connectivity index (χ4n) is 1.38. The number of aryl methyl sites for hydroxylation is 1. The minimum absolute atomic E-state index is 0.0982. The summed E-state index contributed by atoms with van der Waals surface area (Å²) in [7, 11) is 0. The Bertz CT molecular complexity index is 411. The van der Waals surface area contributed by atoms with Crippen molar-refractivity contribution >= 4 is 11.8 Å². The fraction of sp³-hybridized carbons (Fsp3) is 0.444. The van der Waals surface area contributed by atoms with Gasteiger partial charge in [0.1, 0.15) is 11.5 Å². The van der Waals surface area contributed by atoms with Crippen molar-refractivity contribution in [2.75, 3.05) is 0 Å². The number of imidazole rings is 1. The number of azo groups is 1. The third kappa shape index (κ3) is 1.70. The Balaban J connectivity index is 2.31. The second-order valence-corrected chi connectivity index (χ2v) is 3.32. The zero-order valence-corrected chi connectivity index (χ0v) is 8.28. The van der Waals surface area contributed by atoms with Crippen molar-refractivity contribution in [3.63, 3.8) is 0 Å². The number of hydrogen-bond acceptors (Lipinski definition) is 3. The first-order chi connectivity index (χ1) is 7.22. The average Bonchev–Trinajstić information content (AvgIpc) is 2.66. The molecular weight excluding hydrogens is 196 g/mol. The molecule has 6 heteroatoms. The summed E-state index contributed by atoms with van der Waals surface area (Å²) in [5.74, 6) is -0.431. The lowest BCUT2D eigenvalue weighted by Crippen LogP contribution is -2.10. The summed E-state index contributed by atoms with van der Waals surface area (Å²) in [6, 6.07) is 0. The van der Waals surface area contributed by atoms with Crippen molar-refractivity contribution in [3.05, 3.63) is 17.2 Å². The highest BCUT2D eigenvalue weighted by atomic mass is 16.2. The van der Waals surface area contributed by atoms with Crippen molar-refractivity contribution in [2.45, 2.75) is 26.2 Å². The van der Waals surface area contributed by atoms with Crippen LogP contribution in [0.25, 0.3) is 0 Å². The summed E-state index contributed by atoms with van der Waals surface area (Å²) in [5, 5.41) is 6.41. The van der Waals surface area contributed by atoms with Gasteiger partial charge in [-0.15, -0.1) is 10.2 Å². The maximum absolute atomic E-state index is 11.2. The number of rotatable bonds is 3. The standard InChI is InChI=1S/C9H10N4O2/c1-2-3-4-5-10-6-7(11-5)9(15)13-12-8(6)14/h2-4H2,1H3,(H,10,11). The molecule has 0 aromatic carbocycles. The van der Waals surface area contributed by atoms with Crippen LogP contribution in [-0.2, 0) is 6.42 Å². The molecule has 0 spiro atoms. The molecule has 2 heterocycles. The first-order valence-corrected chi connectivity index (χ1v) is 4.81. The highest BCUT2D eigenvalue weighted by Gasteiger charge is 2.26. The van der Waals surface area contributed by atoms with Gasteiger partial charge >= 0.3 is 11.8 Å². The SMILES string of the molecule is CCCCc1nc2c([nH]1)C(=O)N=NC2=O. The number of nitrogens with one attached hydrogen (secondary N) is 1. The van der Waals surface area contributed by atoms with Crippen molar-refractivity contribution in [1.82, 2.24) is 9.97 Å². The van der Waals surface area contributed by atoms with E-state index in [0.717, 1.165) is 19.3 Å². The molecule has 0 aliphatic carbocycles. The Morgan fingerprint density at radius 1 is 1.20 bits per heavy atom. The third-order valence-electron chi connectivity index (χ3n) is 2.17. The van der Waals surface area contributed by atoms with Gasteiger partial charge in [0.2, 0.25) is 0 Å². The van der Waals surface area contributed by atoms with Crippen LogP contribution in [0.2, 0.25) is 0 Å². The van der Waals surface area contributed by atoms with Crippen molar-refractivity contribution in [2.24, 2.45) is 10.2 Å². The molecule has 0 fully saturated rings. The molecule has 6 nitrogen and oxygen atoms in total. The Hall–Kier alpha value is -1.85. The van der Waals surface area contributed by atoms with Gasteiger partial charge < -0.3 is 4.98 Å². The van der Waals surface area contributed by atoms with E-state index < -0.39 is 11.8 Å². The summed E-state index contributed by atoms with van der Waals surface area (Å²) < 4.78 is 0. The van der Waals surface area contributed by atoms with E-state index in [1.54, 1.807) is 0 Å². The lowest BCUT2D eigenvalue weighted by atomic mass is 10.2. The van der Waals surface area contributed by atoms with E-state index in [0.29, 0.717) is 5.82 Å². The maximum atomic E-state index is 11.2. The van der Waals surface area contributed by atoms with Gasteiger partial charge in [0.15, 0.2) is 5.69 Å². The molecule has 78 valence electrons. The molecule has 1 N–H and O–H groups in total. The van der Waals surface area contributed by atoms with Crippen molar-refractivity contribution < 1.29 is 9.59 Å². The van der Waals surface area contributed by atoms with Crippen LogP contribution in [0.3, 0.4) is 0 Å². The molecule has 2 rings (SSSR count). The van der Waals surface area contributed by atoms with Crippen molar-refractivity contribution in [1.29, 1.82) is 0 Å². The van der Waals surface area contributed by atoms with E-state index in [1.165, 1.54) is 0 Å². The number of amides is 2. The molecule has 0 atom stereocenters. The van der Waals surface area contributed by atoms with Crippen LogP contribution in [0.15, 0.2) is 10.2 Å². The first-order valence-electron chi connectivity index (χ1n) is 4.81. The molecule has 0 radical (unpaired) electrons. The smallest absolute Gasteiger partial charge is 0.316 e. The van der Waals surface area contributed by atoms with E-state index in [-0.39, 0.29) is 11.4 Å². The number of fused-ring (bicyclic) bond motifs is 1. The topological polar surface area (TPSA) is 87.5 Å². The number of unbranched alkanes of at least 4 members (excludes halogenated alkanes) is 1. The van der Waals surface area contributed by atoms with Crippen LogP contribution in [0.5, 0.6) is 0 Å². The Kier molecular flexibility index (Phi) is 2.40. The third-order valence-corrected chi connectivity index (χ3v) is 2.17. The molecule has 0 unspecified atom stereocenters. The number of aromatic nitrogens is 2. The monoisotopic (exact) mass is 206 g/mol. The number of hydrogen-bond donors (Lipinski definition) is 1. The second-order valence-electron chi connectivity index (χ2n) is 3.32. The molecule has 0 bridgehead atoms. The van der Waals surface area contributed by atoms with E-state index in [9.17, 15) is 9.59 Å². The Labute approximate surface area is 85.8 Å². The lowest BCUT2D eigenvalue weighted by molar-refractivity contribution is 0.0915. The van der Waals surface area contributed by atoms with Crippen LogP contribution in [0.4, 0.5) is 0 Å². The quantitative estimate of drug-likeness (QED) is 0.812. The van der Waals surface area contributed by atoms with Gasteiger partial charge in [-0.3, -0.25) is 9.59 Å². The number of carbonyl (C=O) groups is 2. The summed E-state index contributed by atoms with van der Waals surface area (Å²) in [6.07, 6.45) is 2.72. The maximum Gasteiger partial charge on any atom is 0.316 e. The molecule has 1 aliphatic heterocycles. The first kappa shape index (κ1) is 9.70. The minimum atomic E-state index is -0.552. The van der Waals surface area contributed by atoms with Crippen LogP contribution in [0, 0.1) is 0 Å². The van der Waals surface area contributed by atoms with Gasteiger partial charge in [0, 0.05) is 6.42 Å². The summed E-state index contributed by atoms with van der Waals surface area (Å²) in [6.45, 7) is 2.06. The van der Waals surface area contributed by atoms with E-state index in [2.05, 4.69) is 27.1 Å². The molecular formula is C9H10N4O2. The molecule has 1 aromatic rings. The van der Waals surface area contributed by atoms with Gasteiger partial charge in [-0.05, 0) is 6.42 Å². The zero-order valence-electron chi connectivity index (χ0n) is 8.28. The second kappa shape index (κ2) is 3.72. The molecule has 1 aromatic heterocycles. The minimum Gasteiger partial charge on any atom is -0.337 e. The molecule has 15 heavy (non-hydrogen) atoms. The van der Waals surface area contributed by atoms with Gasteiger partial charge in [0.05, 0.1) is 0 Å². The van der Waals surface area contributed by atoms with Crippen LogP contribution < -0.4 is 0 Å². The van der Waals surface area contributed by atoms with E-state index >= 15 is 0 Å². The normalized spacial score (nSPS) is 14.5. The molecule has 1 aliphatic rings. The van der Waals surface area contributed by atoms with Gasteiger partial charge in [-0.1, -0.05) is 13.3 Å². The predicted octanol–water partition coefficient (Wildman–Crippen LogP) is 1.50. The van der Waals surface area contributed by atoms with Gasteiger partial charge in [0.25, 0.3) is 0 Å². The average molecular weight is 206 g/mol. The van der Waals surface area contributed by atoms with Crippen LogP contribution in [-0.4, -0.2) is 21.8 Å². The number of carbonyl (C=O) groups excluding carboxylic acids is 2. The number of aromatic amines is 1. The Morgan fingerprint density at radius 2 is 1.93 bits per heavy atom. The fourth-order valence-corrected chi connectivity index (χ4v) is 1.38. The number of H-pyrrole nitrogens is 1. The van der Waals surface area contributed by atoms with Gasteiger partial charge in [-0.2, -0.15) is 0 Å². The summed E-state index contributed by atoms with van der Waals surface area (Å²) in [4.78, 5) is 29.3. The highest BCUT2D eigenvalue weighted by Crippen LogP contribution is 2.15. The molecule has 0 saturated carbocycles. The van der Waals surface area contributed by atoms with Gasteiger partial charge in [-0.25, -0.2) is 4.98 Å². The summed E-state index contributed by atoms with van der Waals surface area (Å²) in [5.41, 5.74) is 0.266. The molecule has 2 amide bonds. The van der Waals surface area contributed by atoms with Crippen LogP contribution >= 0.6 is 0 Å². The van der Waals surface area contributed by atoms with E-state index in [1.807, 2.05) is 0 Å².